The molecule has 1 saturated heterocycles. The highest BCUT2D eigenvalue weighted by Gasteiger charge is 2.21. The number of carbonyl (C=O) groups is 1. The van der Waals surface area contributed by atoms with Crippen molar-refractivity contribution in [1.82, 2.24) is 24.6 Å². The van der Waals surface area contributed by atoms with Gasteiger partial charge < -0.3 is 9.80 Å². The molecule has 0 atom stereocenters. The predicted molar refractivity (Wildman–Crippen MR) is 147 cm³/mol. The lowest BCUT2D eigenvalue weighted by atomic mass is 10.1. The van der Waals surface area contributed by atoms with Crippen LogP contribution in [0.5, 0.6) is 0 Å². The minimum absolute atomic E-state index is 0.0480. The summed E-state index contributed by atoms with van der Waals surface area (Å²) in [6, 6.07) is 15.6. The molecule has 8 heteroatoms. The molecule has 0 N–H and O–H groups in total. The number of hydrogen-bond donors (Lipinski definition) is 0. The van der Waals surface area contributed by atoms with E-state index >= 15 is 0 Å². The second-order valence-electron chi connectivity index (χ2n) is 8.81. The Kier molecular flexibility index (Phi) is 8.28. The van der Waals surface area contributed by atoms with Crippen LogP contribution < -0.4 is 5.56 Å². The van der Waals surface area contributed by atoms with E-state index in [1.807, 2.05) is 42.3 Å². The number of hydrogen-bond acceptors (Lipinski definition) is 6. The fourth-order valence-corrected chi connectivity index (χ4v) is 5.01. The molecule has 4 aromatic rings. The Balaban J connectivity index is 0.00000148. The van der Waals surface area contributed by atoms with Gasteiger partial charge in [0.1, 0.15) is 5.01 Å². The van der Waals surface area contributed by atoms with E-state index in [0.717, 1.165) is 34.7 Å². The standard InChI is InChI=1S/C26H27N5O2S.C2H6/c1-18-7-9-19(10-8-18)23-17-34-24(27-23)16-31-26(33)21-6-4-3-5-20(21)22(28-31)15-25(32)30-13-11-29(2)12-14-30;1-2/h3-10,17H,11-16H2,1-2H3;1-2H3. The molecule has 0 aliphatic carbocycles. The molecular weight excluding hydrogens is 470 g/mol. The lowest BCUT2D eigenvalue weighted by Crippen LogP contribution is -2.47. The summed E-state index contributed by atoms with van der Waals surface area (Å²) in [6.07, 6.45) is 0.178. The monoisotopic (exact) mass is 503 g/mol. The molecule has 0 bridgehead atoms. The number of thiazole rings is 1. The number of rotatable bonds is 5. The molecule has 3 heterocycles. The summed E-state index contributed by atoms with van der Waals surface area (Å²) in [4.78, 5) is 35.1. The number of aromatic nitrogens is 3. The number of piperazine rings is 1. The van der Waals surface area contributed by atoms with E-state index < -0.39 is 0 Å². The van der Waals surface area contributed by atoms with Crippen molar-refractivity contribution < 1.29 is 4.79 Å². The number of fused-ring (bicyclic) bond motifs is 1. The minimum Gasteiger partial charge on any atom is -0.340 e. The average molecular weight is 504 g/mol. The van der Waals surface area contributed by atoms with E-state index in [9.17, 15) is 9.59 Å². The third kappa shape index (κ3) is 5.71. The summed E-state index contributed by atoms with van der Waals surface area (Å²) in [7, 11) is 2.07. The van der Waals surface area contributed by atoms with Gasteiger partial charge in [-0.25, -0.2) is 9.67 Å². The zero-order valence-electron chi connectivity index (χ0n) is 21.4. The summed E-state index contributed by atoms with van der Waals surface area (Å²) in [5.41, 5.74) is 3.60. The van der Waals surface area contributed by atoms with Gasteiger partial charge in [-0.2, -0.15) is 5.10 Å². The maximum absolute atomic E-state index is 13.2. The second-order valence-corrected chi connectivity index (χ2v) is 9.75. The van der Waals surface area contributed by atoms with E-state index in [1.165, 1.54) is 21.6 Å². The van der Waals surface area contributed by atoms with Crippen LogP contribution in [0.3, 0.4) is 0 Å². The molecule has 1 aliphatic rings. The first-order chi connectivity index (χ1) is 17.5. The van der Waals surface area contributed by atoms with Crippen LogP contribution in [0.25, 0.3) is 22.0 Å². The van der Waals surface area contributed by atoms with Crippen LogP contribution in [0.1, 0.15) is 30.1 Å². The van der Waals surface area contributed by atoms with Crippen LogP contribution in [0.15, 0.2) is 58.7 Å². The zero-order valence-corrected chi connectivity index (χ0v) is 22.2. The quantitative estimate of drug-likeness (QED) is 0.408. The predicted octanol–water partition coefficient (Wildman–Crippen LogP) is 4.22. The lowest BCUT2D eigenvalue weighted by molar-refractivity contribution is -0.132. The molecule has 1 aliphatic heterocycles. The van der Waals surface area contributed by atoms with E-state index in [-0.39, 0.29) is 24.4 Å². The first-order valence-corrected chi connectivity index (χ1v) is 13.3. The van der Waals surface area contributed by atoms with E-state index in [4.69, 9.17) is 4.98 Å². The molecule has 0 radical (unpaired) electrons. The Morgan fingerprint density at radius 2 is 1.64 bits per heavy atom. The molecule has 7 nitrogen and oxygen atoms in total. The molecule has 0 unspecified atom stereocenters. The van der Waals surface area contributed by atoms with Gasteiger partial charge in [-0.15, -0.1) is 11.3 Å². The molecule has 2 aromatic heterocycles. The van der Waals surface area contributed by atoms with Crippen LogP contribution in [-0.4, -0.2) is 63.7 Å². The Morgan fingerprint density at radius 1 is 0.972 bits per heavy atom. The van der Waals surface area contributed by atoms with Crippen LogP contribution in [0, 0.1) is 6.92 Å². The minimum atomic E-state index is -0.168. The van der Waals surface area contributed by atoms with E-state index in [0.29, 0.717) is 24.2 Å². The Hall–Kier alpha value is -3.36. The van der Waals surface area contributed by atoms with Crippen molar-refractivity contribution in [3.8, 4) is 11.3 Å². The number of benzene rings is 2. The summed E-state index contributed by atoms with van der Waals surface area (Å²) < 4.78 is 1.45. The highest BCUT2D eigenvalue weighted by molar-refractivity contribution is 7.09. The fraction of sp³-hybridized carbons (Fsp3) is 0.357. The number of aryl methyl sites for hydroxylation is 1. The second kappa shape index (κ2) is 11.6. The van der Waals surface area contributed by atoms with E-state index in [2.05, 4.69) is 48.2 Å². The van der Waals surface area contributed by atoms with Crippen LogP contribution in [-0.2, 0) is 17.8 Å². The summed E-state index contributed by atoms with van der Waals surface area (Å²) >= 11 is 1.51. The molecule has 5 rings (SSSR count). The van der Waals surface area contributed by atoms with Crippen LogP contribution >= 0.6 is 11.3 Å². The molecule has 0 saturated carbocycles. The van der Waals surface area contributed by atoms with Crippen LogP contribution in [0.4, 0.5) is 0 Å². The SMILES string of the molecule is CC.Cc1ccc(-c2csc(Cn3nc(CC(=O)N4CCN(C)CC4)c4ccccc4c3=O)n2)cc1. The van der Waals surface area contributed by atoms with Crippen molar-refractivity contribution in [3.05, 3.63) is 80.5 Å². The largest absolute Gasteiger partial charge is 0.340 e. The summed E-state index contributed by atoms with van der Waals surface area (Å²) in [5, 5.41) is 8.78. The van der Waals surface area contributed by atoms with Crippen molar-refractivity contribution in [2.45, 2.75) is 33.7 Å². The third-order valence-electron chi connectivity index (χ3n) is 6.30. The first kappa shape index (κ1) is 25.7. The fourth-order valence-electron chi connectivity index (χ4n) is 4.22. The third-order valence-corrected chi connectivity index (χ3v) is 7.14. The summed E-state index contributed by atoms with van der Waals surface area (Å²) in [6.45, 7) is 9.50. The number of carbonyl (C=O) groups excluding carboxylic acids is 1. The Labute approximate surface area is 216 Å². The number of nitrogens with zero attached hydrogens (tertiary/aromatic N) is 5. The smallest absolute Gasteiger partial charge is 0.275 e. The highest BCUT2D eigenvalue weighted by atomic mass is 32.1. The molecule has 0 spiro atoms. The molecule has 2 aromatic carbocycles. The van der Waals surface area contributed by atoms with Crippen molar-refractivity contribution in [1.29, 1.82) is 0 Å². The van der Waals surface area contributed by atoms with Crippen molar-refractivity contribution in [2.75, 3.05) is 33.2 Å². The van der Waals surface area contributed by atoms with Gasteiger partial charge in [-0.05, 0) is 20.0 Å². The van der Waals surface area contributed by atoms with Gasteiger partial charge in [-0.1, -0.05) is 61.9 Å². The van der Waals surface area contributed by atoms with Gasteiger partial charge >= 0.3 is 0 Å². The van der Waals surface area contributed by atoms with Gasteiger partial charge in [0.15, 0.2) is 0 Å². The molecular formula is C28H33N5O2S. The number of likely N-dealkylation sites (N-methyl/N-ethyl adjacent to an activating group) is 1. The Morgan fingerprint density at radius 3 is 2.33 bits per heavy atom. The average Bonchev–Trinajstić information content (AvgIpc) is 3.37. The lowest BCUT2D eigenvalue weighted by Gasteiger charge is -2.32. The van der Waals surface area contributed by atoms with Crippen molar-refractivity contribution in [2.24, 2.45) is 0 Å². The van der Waals surface area contributed by atoms with Gasteiger partial charge in [-0.3, -0.25) is 9.59 Å². The highest BCUT2D eigenvalue weighted by Crippen LogP contribution is 2.23. The molecule has 36 heavy (non-hydrogen) atoms. The van der Waals surface area contributed by atoms with Crippen LogP contribution in [0.2, 0.25) is 0 Å². The zero-order chi connectivity index (χ0) is 25.7. The first-order valence-electron chi connectivity index (χ1n) is 12.4. The van der Waals surface area contributed by atoms with Gasteiger partial charge in [0.25, 0.3) is 5.56 Å². The van der Waals surface area contributed by atoms with Crippen molar-refractivity contribution in [3.63, 3.8) is 0 Å². The van der Waals surface area contributed by atoms with E-state index in [1.54, 1.807) is 6.07 Å². The molecule has 1 amide bonds. The van der Waals surface area contributed by atoms with Gasteiger partial charge in [0.2, 0.25) is 5.91 Å². The maximum atomic E-state index is 13.2. The number of amides is 1. The normalized spacial score (nSPS) is 13.9. The Bertz CT molecular complexity index is 1390. The summed E-state index contributed by atoms with van der Waals surface area (Å²) in [5.74, 6) is 0.0480. The maximum Gasteiger partial charge on any atom is 0.275 e. The topological polar surface area (TPSA) is 71.3 Å². The van der Waals surface area contributed by atoms with Gasteiger partial charge in [0.05, 0.1) is 29.7 Å². The molecule has 188 valence electrons. The van der Waals surface area contributed by atoms with Gasteiger partial charge in [0, 0.05) is 42.5 Å². The molecule has 1 fully saturated rings. The van der Waals surface area contributed by atoms with Crippen molar-refractivity contribution >= 4 is 28.0 Å².